The van der Waals surface area contributed by atoms with Crippen LogP contribution in [-0.2, 0) is 4.74 Å². The fraction of sp³-hybridized carbons (Fsp3) is 1.00. The Kier molecular flexibility index (Phi) is 4.45. The molecule has 3 unspecified atom stereocenters. The van der Waals surface area contributed by atoms with Gasteiger partial charge in [0.1, 0.15) is 0 Å². The summed E-state index contributed by atoms with van der Waals surface area (Å²) in [5, 5.41) is 13.6. The standard InChI is InChI=1S/C16H29NO2/c18-15-6-4-5-13(15)12-17-14-7-10-19-16(11-14)8-2-1-3-9-16/h13-15,17-18H,1-12H2. The van der Waals surface area contributed by atoms with Crippen molar-refractivity contribution in [1.82, 2.24) is 5.32 Å². The van der Waals surface area contributed by atoms with E-state index in [0.717, 1.165) is 26.0 Å². The van der Waals surface area contributed by atoms with Gasteiger partial charge < -0.3 is 15.2 Å². The zero-order valence-corrected chi connectivity index (χ0v) is 12.1. The van der Waals surface area contributed by atoms with Gasteiger partial charge in [-0.2, -0.15) is 0 Å². The number of aliphatic hydroxyl groups excluding tert-OH is 1. The molecule has 3 nitrogen and oxygen atoms in total. The molecule has 3 fully saturated rings. The quantitative estimate of drug-likeness (QED) is 0.826. The average Bonchev–Trinajstić information content (AvgIpc) is 2.83. The van der Waals surface area contributed by atoms with E-state index in [1.54, 1.807) is 0 Å². The minimum Gasteiger partial charge on any atom is -0.393 e. The Hall–Kier alpha value is -0.120. The van der Waals surface area contributed by atoms with Gasteiger partial charge in [-0.25, -0.2) is 0 Å². The normalized spacial score (nSPS) is 38.7. The molecule has 3 heteroatoms. The molecule has 1 saturated heterocycles. The van der Waals surface area contributed by atoms with Crippen LogP contribution in [-0.4, -0.2) is 36.0 Å². The van der Waals surface area contributed by atoms with Gasteiger partial charge in [-0.15, -0.1) is 0 Å². The van der Waals surface area contributed by atoms with Crippen LogP contribution in [0.25, 0.3) is 0 Å². The fourth-order valence-corrected chi connectivity index (χ4v) is 4.32. The van der Waals surface area contributed by atoms with Crippen molar-refractivity contribution in [3.8, 4) is 0 Å². The molecule has 1 aliphatic heterocycles. The molecule has 2 aliphatic carbocycles. The molecule has 3 atom stereocenters. The van der Waals surface area contributed by atoms with Crippen molar-refractivity contribution in [2.24, 2.45) is 5.92 Å². The molecule has 1 spiro atoms. The van der Waals surface area contributed by atoms with E-state index in [0.29, 0.717) is 12.0 Å². The van der Waals surface area contributed by atoms with E-state index in [1.807, 2.05) is 0 Å². The zero-order chi connectivity index (χ0) is 13.1. The van der Waals surface area contributed by atoms with Crippen molar-refractivity contribution >= 4 is 0 Å². The van der Waals surface area contributed by atoms with Gasteiger partial charge in [0.25, 0.3) is 0 Å². The maximum Gasteiger partial charge on any atom is 0.0697 e. The first-order valence-corrected chi connectivity index (χ1v) is 8.33. The highest BCUT2D eigenvalue weighted by Crippen LogP contribution is 2.38. The van der Waals surface area contributed by atoms with Crippen LogP contribution in [0.3, 0.4) is 0 Å². The third kappa shape index (κ3) is 3.32. The molecule has 0 aromatic heterocycles. The molecular formula is C16H29NO2. The van der Waals surface area contributed by atoms with Gasteiger partial charge in [0.15, 0.2) is 0 Å². The van der Waals surface area contributed by atoms with Crippen molar-refractivity contribution in [2.45, 2.75) is 82.0 Å². The summed E-state index contributed by atoms with van der Waals surface area (Å²) >= 11 is 0. The molecule has 2 N–H and O–H groups in total. The first-order chi connectivity index (χ1) is 9.27. The summed E-state index contributed by atoms with van der Waals surface area (Å²) in [6, 6.07) is 0.611. The van der Waals surface area contributed by atoms with Crippen LogP contribution >= 0.6 is 0 Å². The van der Waals surface area contributed by atoms with Gasteiger partial charge in [0, 0.05) is 19.2 Å². The Balaban J connectivity index is 1.48. The summed E-state index contributed by atoms with van der Waals surface area (Å²) in [6.07, 6.45) is 12.3. The fourth-order valence-electron chi connectivity index (χ4n) is 4.32. The third-order valence-corrected chi connectivity index (χ3v) is 5.55. The van der Waals surface area contributed by atoms with Gasteiger partial charge in [0.05, 0.1) is 11.7 Å². The molecule has 0 aromatic carbocycles. The van der Waals surface area contributed by atoms with Crippen LogP contribution in [0.15, 0.2) is 0 Å². The van der Waals surface area contributed by atoms with E-state index in [4.69, 9.17) is 4.74 Å². The van der Waals surface area contributed by atoms with Gasteiger partial charge >= 0.3 is 0 Å². The van der Waals surface area contributed by atoms with Crippen LogP contribution in [0.5, 0.6) is 0 Å². The van der Waals surface area contributed by atoms with E-state index in [1.165, 1.54) is 51.4 Å². The molecule has 19 heavy (non-hydrogen) atoms. The zero-order valence-electron chi connectivity index (χ0n) is 12.1. The summed E-state index contributed by atoms with van der Waals surface area (Å²) in [5.41, 5.74) is 0.197. The van der Waals surface area contributed by atoms with Crippen LogP contribution in [0.1, 0.15) is 64.2 Å². The first kappa shape index (κ1) is 13.8. The SMILES string of the molecule is OC1CCCC1CNC1CCOC2(CCCCC2)C1. The van der Waals surface area contributed by atoms with Gasteiger partial charge in [0.2, 0.25) is 0 Å². The maximum atomic E-state index is 9.90. The van der Waals surface area contributed by atoms with Crippen molar-refractivity contribution < 1.29 is 9.84 Å². The lowest BCUT2D eigenvalue weighted by atomic mass is 9.78. The lowest BCUT2D eigenvalue weighted by Crippen LogP contribution is -2.49. The smallest absolute Gasteiger partial charge is 0.0697 e. The van der Waals surface area contributed by atoms with Crippen LogP contribution in [0.4, 0.5) is 0 Å². The van der Waals surface area contributed by atoms with Crippen molar-refractivity contribution in [1.29, 1.82) is 0 Å². The molecular weight excluding hydrogens is 238 g/mol. The molecule has 1 heterocycles. The van der Waals surface area contributed by atoms with Gasteiger partial charge in [-0.05, 0) is 44.4 Å². The Bertz CT molecular complexity index is 283. The lowest BCUT2D eigenvalue weighted by molar-refractivity contribution is -0.109. The maximum absolute atomic E-state index is 9.90. The number of aliphatic hydroxyl groups is 1. The molecule has 3 rings (SSSR count). The molecule has 0 amide bonds. The average molecular weight is 267 g/mol. The molecule has 3 aliphatic rings. The first-order valence-electron chi connectivity index (χ1n) is 8.33. The molecule has 0 bridgehead atoms. The molecule has 2 saturated carbocycles. The monoisotopic (exact) mass is 267 g/mol. The minimum atomic E-state index is -0.0593. The number of hydrogen-bond acceptors (Lipinski definition) is 3. The Morgan fingerprint density at radius 2 is 1.89 bits per heavy atom. The second kappa shape index (κ2) is 6.11. The van der Waals surface area contributed by atoms with Gasteiger partial charge in [-0.3, -0.25) is 0 Å². The molecule has 110 valence electrons. The summed E-state index contributed by atoms with van der Waals surface area (Å²) in [7, 11) is 0. The van der Waals surface area contributed by atoms with E-state index in [9.17, 15) is 5.11 Å². The van der Waals surface area contributed by atoms with Crippen molar-refractivity contribution in [2.75, 3.05) is 13.2 Å². The highest BCUT2D eigenvalue weighted by Gasteiger charge is 2.38. The number of nitrogens with one attached hydrogen (secondary N) is 1. The summed E-state index contributed by atoms with van der Waals surface area (Å²) in [5.74, 6) is 0.491. The molecule has 0 radical (unpaired) electrons. The summed E-state index contributed by atoms with van der Waals surface area (Å²) < 4.78 is 6.14. The second-order valence-corrected chi connectivity index (χ2v) is 6.95. The van der Waals surface area contributed by atoms with Crippen LogP contribution < -0.4 is 5.32 Å². The summed E-state index contributed by atoms with van der Waals surface area (Å²) in [6.45, 7) is 1.92. The number of ether oxygens (including phenoxy) is 1. The van der Waals surface area contributed by atoms with Gasteiger partial charge in [-0.1, -0.05) is 25.7 Å². The highest BCUT2D eigenvalue weighted by atomic mass is 16.5. The topological polar surface area (TPSA) is 41.5 Å². The van der Waals surface area contributed by atoms with E-state index in [-0.39, 0.29) is 11.7 Å². The van der Waals surface area contributed by atoms with E-state index < -0.39 is 0 Å². The largest absolute Gasteiger partial charge is 0.393 e. The summed E-state index contributed by atoms with van der Waals surface area (Å²) in [4.78, 5) is 0. The van der Waals surface area contributed by atoms with E-state index >= 15 is 0 Å². The second-order valence-electron chi connectivity index (χ2n) is 6.95. The number of hydrogen-bond donors (Lipinski definition) is 2. The molecule has 0 aromatic rings. The number of rotatable bonds is 3. The minimum absolute atomic E-state index is 0.0593. The third-order valence-electron chi connectivity index (χ3n) is 5.55. The van der Waals surface area contributed by atoms with Crippen molar-refractivity contribution in [3.63, 3.8) is 0 Å². The lowest BCUT2D eigenvalue weighted by Gasteiger charge is -2.44. The van der Waals surface area contributed by atoms with E-state index in [2.05, 4.69) is 5.32 Å². The van der Waals surface area contributed by atoms with Crippen molar-refractivity contribution in [3.05, 3.63) is 0 Å². The Morgan fingerprint density at radius 3 is 2.63 bits per heavy atom. The predicted molar refractivity (Wildman–Crippen MR) is 76.1 cm³/mol. The Morgan fingerprint density at radius 1 is 1.05 bits per heavy atom. The Labute approximate surface area is 117 Å². The predicted octanol–water partition coefficient (Wildman–Crippen LogP) is 2.62. The van der Waals surface area contributed by atoms with Crippen LogP contribution in [0, 0.1) is 5.92 Å². The highest BCUT2D eigenvalue weighted by molar-refractivity contribution is 4.92. The van der Waals surface area contributed by atoms with Crippen LogP contribution in [0.2, 0.25) is 0 Å².